The van der Waals surface area contributed by atoms with E-state index in [0.717, 1.165) is 15.7 Å². The van der Waals surface area contributed by atoms with Crippen molar-refractivity contribution in [3.8, 4) is 0 Å². The summed E-state index contributed by atoms with van der Waals surface area (Å²) in [5.41, 5.74) is 3.04. The van der Waals surface area contributed by atoms with E-state index in [-0.39, 0.29) is 18.9 Å². The maximum atomic E-state index is 12.6. The second-order valence-electron chi connectivity index (χ2n) is 5.70. The molecule has 0 bridgehead atoms. The first-order chi connectivity index (χ1) is 11.3. The van der Waals surface area contributed by atoms with Gasteiger partial charge in [0.25, 0.3) is 5.91 Å². The number of rotatable bonds is 6. The first kappa shape index (κ1) is 18.2. The molecule has 1 aromatic heterocycles. The Balaban J connectivity index is 2.22. The van der Waals surface area contributed by atoms with Gasteiger partial charge in [-0.25, -0.2) is 0 Å². The molecule has 0 saturated heterocycles. The third kappa shape index (κ3) is 4.23. The number of aromatic nitrogens is 2. The minimum atomic E-state index is -0.923. The van der Waals surface area contributed by atoms with E-state index in [0.29, 0.717) is 17.8 Å². The Bertz CT molecular complexity index is 770. The maximum Gasteiger partial charge on any atom is 0.305 e. The van der Waals surface area contributed by atoms with E-state index >= 15 is 0 Å². The fourth-order valence-electron chi connectivity index (χ4n) is 2.52. The highest BCUT2D eigenvalue weighted by molar-refractivity contribution is 9.10. The molecule has 0 aliphatic carbocycles. The molecule has 128 valence electrons. The zero-order valence-electron chi connectivity index (χ0n) is 13.9. The number of aliphatic carboxylic acids is 1. The van der Waals surface area contributed by atoms with E-state index in [1.54, 1.807) is 18.7 Å². The first-order valence-electron chi connectivity index (χ1n) is 7.55. The number of carboxylic acids is 1. The minimum Gasteiger partial charge on any atom is -0.481 e. The number of hydrogen-bond acceptors (Lipinski definition) is 3. The number of halogens is 1. The van der Waals surface area contributed by atoms with E-state index in [1.165, 1.54) is 4.90 Å². The summed E-state index contributed by atoms with van der Waals surface area (Å²) in [6.07, 6.45) is -0.0769. The molecule has 0 aliphatic rings. The monoisotopic (exact) mass is 393 g/mol. The number of amides is 1. The summed E-state index contributed by atoms with van der Waals surface area (Å²) in [7, 11) is 1.61. The molecule has 7 heteroatoms. The van der Waals surface area contributed by atoms with E-state index in [2.05, 4.69) is 21.0 Å². The van der Waals surface area contributed by atoms with Crippen molar-refractivity contribution in [3.05, 3.63) is 51.3 Å². The predicted octanol–water partition coefficient (Wildman–Crippen LogP) is 2.86. The van der Waals surface area contributed by atoms with Crippen LogP contribution < -0.4 is 0 Å². The van der Waals surface area contributed by atoms with Gasteiger partial charge in [-0.3, -0.25) is 14.3 Å². The quantitative estimate of drug-likeness (QED) is 0.818. The molecule has 6 nitrogen and oxygen atoms in total. The van der Waals surface area contributed by atoms with Crippen molar-refractivity contribution >= 4 is 27.8 Å². The molecular formula is C17H20BrN3O3. The molecule has 0 radical (unpaired) electrons. The average Bonchev–Trinajstić information content (AvgIpc) is 2.78. The highest BCUT2D eigenvalue weighted by Gasteiger charge is 2.22. The lowest BCUT2D eigenvalue weighted by Gasteiger charge is -2.16. The molecule has 24 heavy (non-hydrogen) atoms. The lowest BCUT2D eigenvalue weighted by molar-refractivity contribution is -0.137. The Morgan fingerprint density at radius 3 is 2.67 bits per heavy atom. The normalized spacial score (nSPS) is 10.7. The zero-order valence-corrected chi connectivity index (χ0v) is 15.5. The topological polar surface area (TPSA) is 75.4 Å². The zero-order chi connectivity index (χ0) is 17.9. The SMILES string of the molecule is Cc1nn(Cc2cccc(Br)c2)c(C)c1C(=O)N(C)CCC(=O)O. The van der Waals surface area contributed by atoms with Crippen LogP contribution in [0.1, 0.15) is 33.7 Å². The molecule has 0 unspecified atom stereocenters. The molecular weight excluding hydrogens is 374 g/mol. The Hall–Kier alpha value is -2.15. The van der Waals surface area contributed by atoms with Crippen LogP contribution in [-0.2, 0) is 11.3 Å². The van der Waals surface area contributed by atoms with Gasteiger partial charge in [0.15, 0.2) is 0 Å². The first-order valence-corrected chi connectivity index (χ1v) is 8.34. The van der Waals surface area contributed by atoms with E-state index in [9.17, 15) is 9.59 Å². The molecule has 1 heterocycles. The molecule has 1 amide bonds. The van der Waals surface area contributed by atoms with Gasteiger partial charge in [-0.2, -0.15) is 5.10 Å². The second kappa shape index (κ2) is 7.61. The van der Waals surface area contributed by atoms with Crippen LogP contribution in [0.2, 0.25) is 0 Å². The van der Waals surface area contributed by atoms with Crippen molar-refractivity contribution < 1.29 is 14.7 Å². The van der Waals surface area contributed by atoms with Gasteiger partial charge in [-0.1, -0.05) is 28.1 Å². The van der Waals surface area contributed by atoms with Crippen LogP contribution >= 0.6 is 15.9 Å². The number of nitrogens with zero attached hydrogens (tertiary/aromatic N) is 3. The van der Waals surface area contributed by atoms with Crippen LogP contribution in [0.4, 0.5) is 0 Å². The van der Waals surface area contributed by atoms with E-state index in [1.807, 2.05) is 31.2 Å². The molecule has 0 aliphatic heterocycles. The predicted molar refractivity (Wildman–Crippen MR) is 94.2 cm³/mol. The number of hydrogen-bond donors (Lipinski definition) is 1. The van der Waals surface area contributed by atoms with Crippen molar-refractivity contribution in [2.45, 2.75) is 26.8 Å². The summed E-state index contributed by atoms with van der Waals surface area (Å²) in [4.78, 5) is 24.7. The van der Waals surface area contributed by atoms with Gasteiger partial charge >= 0.3 is 5.97 Å². The summed E-state index contributed by atoms with van der Waals surface area (Å²) in [6.45, 7) is 4.39. The van der Waals surface area contributed by atoms with E-state index < -0.39 is 5.97 Å². The molecule has 0 atom stereocenters. The number of carboxylic acid groups (broad SMARTS) is 1. The summed E-state index contributed by atoms with van der Waals surface area (Å²) in [5.74, 6) is -1.12. The van der Waals surface area contributed by atoms with Crippen molar-refractivity contribution in [3.63, 3.8) is 0 Å². The molecule has 2 rings (SSSR count). The lowest BCUT2D eigenvalue weighted by Crippen LogP contribution is -2.29. The Labute approximate surface area is 149 Å². The number of carbonyl (C=O) groups is 2. The molecule has 1 N–H and O–H groups in total. The number of carbonyl (C=O) groups excluding carboxylic acids is 1. The van der Waals surface area contributed by atoms with Crippen LogP contribution in [0.5, 0.6) is 0 Å². The van der Waals surface area contributed by atoms with Crippen LogP contribution in [-0.4, -0.2) is 45.3 Å². The van der Waals surface area contributed by atoms with Crippen molar-refractivity contribution in [2.24, 2.45) is 0 Å². The number of aryl methyl sites for hydroxylation is 1. The highest BCUT2D eigenvalue weighted by atomic mass is 79.9. The molecule has 0 fully saturated rings. The van der Waals surface area contributed by atoms with Crippen LogP contribution in [0, 0.1) is 13.8 Å². The smallest absolute Gasteiger partial charge is 0.305 e. The standard InChI is InChI=1S/C17H20BrN3O3/c1-11-16(17(24)20(3)8-7-15(22)23)12(2)21(19-11)10-13-5-4-6-14(18)9-13/h4-6,9H,7-8,10H2,1-3H3,(H,22,23). The van der Waals surface area contributed by atoms with Crippen LogP contribution in [0.3, 0.4) is 0 Å². The Kier molecular flexibility index (Phi) is 5.77. The van der Waals surface area contributed by atoms with E-state index in [4.69, 9.17) is 5.11 Å². The number of benzene rings is 1. The third-order valence-corrected chi connectivity index (χ3v) is 4.32. The van der Waals surface area contributed by atoms with Gasteiger partial charge in [0.2, 0.25) is 0 Å². The summed E-state index contributed by atoms with van der Waals surface area (Å²) in [6, 6.07) is 7.92. The minimum absolute atomic E-state index is 0.0769. The summed E-state index contributed by atoms with van der Waals surface area (Å²) >= 11 is 3.45. The highest BCUT2D eigenvalue weighted by Crippen LogP contribution is 2.18. The van der Waals surface area contributed by atoms with Crippen molar-refractivity contribution in [2.75, 3.05) is 13.6 Å². The van der Waals surface area contributed by atoms with Gasteiger partial charge in [0, 0.05) is 23.8 Å². The molecule has 2 aromatic rings. The van der Waals surface area contributed by atoms with Crippen molar-refractivity contribution in [1.82, 2.24) is 14.7 Å². The van der Waals surface area contributed by atoms with Gasteiger partial charge in [0.1, 0.15) is 0 Å². The van der Waals surface area contributed by atoms with Crippen molar-refractivity contribution in [1.29, 1.82) is 0 Å². The Morgan fingerprint density at radius 1 is 1.33 bits per heavy atom. The average molecular weight is 394 g/mol. The van der Waals surface area contributed by atoms with Crippen LogP contribution in [0.15, 0.2) is 28.7 Å². The van der Waals surface area contributed by atoms with Gasteiger partial charge in [-0.05, 0) is 31.5 Å². The lowest BCUT2D eigenvalue weighted by atomic mass is 10.1. The largest absolute Gasteiger partial charge is 0.481 e. The molecule has 0 saturated carbocycles. The third-order valence-electron chi connectivity index (χ3n) is 3.82. The fraction of sp³-hybridized carbons (Fsp3) is 0.353. The summed E-state index contributed by atoms with van der Waals surface area (Å²) in [5, 5.41) is 13.2. The molecule has 0 spiro atoms. The molecule has 1 aromatic carbocycles. The fourth-order valence-corrected chi connectivity index (χ4v) is 2.97. The van der Waals surface area contributed by atoms with Gasteiger partial charge < -0.3 is 10.0 Å². The van der Waals surface area contributed by atoms with Gasteiger partial charge in [0.05, 0.1) is 24.2 Å². The summed E-state index contributed by atoms with van der Waals surface area (Å²) < 4.78 is 2.79. The van der Waals surface area contributed by atoms with Gasteiger partial charge in [-0.15, -0.1) is 0 Å². The van der Waals surface area contributed by atoms with Crippen LogP contribution in [0.25, 0.3) is 0 Å². The second-order valence-corrected chi connectivity index (χ2v) is 6.62. The maximum absolute atomic E-state index is 12.6. The Morgan fingerprint density at radius 2 is 2.04 bits per heavy atom.